The second-order valence-corrected chi connectivity index (χ2v) is 8.62. The number of nitrogens with zero attached hydrogens (tertiary/aromatic N) is 2. The van der Waals surface area contributed by atoms with Crippen molar-refractivity contribution >= 4 is 0 Å². The normalized spacial score (nSPS) is 34.7. The van der Waals surface area contributed by atoms with Gasteiger partial charge in [0.15, 0.2) is 0 Å². The molecule has 3 unspecified atom stereocenters. The van der Waals surface area contributed by atoms with E-state index in [1.54, 1.807) is 0 Å². The third kappa shape index (κ3) is 4.01. The molecule has 0 bridgehead atoms. The second-order valence-electron chi connectivity index (χ2n) is 8.62. The van der Waals surface area contributed by atoms with Gasteiger partial charge in [-0.25, -0.2) is 0 Å². The molecule has 2 heteroatoms. The summed E-state index contributed by atoms with van der Waals surface area (Å²) < 4.78 is 2.62. The minimum Gasteiger partial charge on any atom is -0.326 e. The molecular weight excluding hydrogens is 256 g/mol. The fraction of sp³-hybridized carbons (Fsp3) is 1.00. The van der Waals surface area contributed by atoms with Crippen LogP contribution in [-0.4, -0.2) is 61.8 Å². The maximum Gasteiger partial charge on any atom is 0.0862 e. The number of fused-ring (bicyclic) bond motifs is 1. The topological polar surface area (TPSA) is 0 Å². The molecule has 0 spiro atoms. The summed E-state index contributed by atoms with van der Waals surface area (Å²) in [6.45, 7) is 14.1. The Morgan fingerprint density at radius 2 is 1.57 bits per heavy atom. The Hall–Kier alpha value is -0.0800. The van der Waals surface area contributed by atoms with Crippen molar-refractivity contribution in [3.8, 4) is 0 Å². The van der Waals surface area contributed by atoms with Crippen molar-refractivity contribution in [1.29, 1.82) is 0 Å². The molecule has 0 aromatic carbocycles. The predicted octanol–water partition coefficient (Wildman–Crippen LogP) is 3.91. The van der Waals surface area contributed by atoms with Crippen molar-refractivity contribution in [2.45, 2.75) is 65.3 Å². The molecule has 0 aromatic heterocycles. The molecule has 1 aliphatic carbocycles. The van der Waals surface area contributed by atoms with Crippen LogP contribution >= 0.6 is 0 Å². The van der Waals surface area contributed by atoms with Crippen LogP contribution in [0, 0.1) is 11.8 Å². The second kappa shape index (κ2) is 7.00. The molecule has 3 atom stereocenters. The molecule has 0 amide bonds. The van der Waals surface area contributed by atoms with E-state index in [2.05, 4.69) is 34.9 Å². The molecule has 2 aliphatic rings. The standard InChI is InChI=1S/C19H40N2/c1-6-20(4,7-2)14-10-11-17(3)21(5)15-18-12-8-9-13-19(18)16-21/h17-19H,6-16H2,1-5H3/q+2. The van der Waals surface area contributed by atoms with Gasteiger partial charge in [-0.1, -0.05) is 12.8 Å². The van der Waals surface area contributed by atoms with Gasteiger partial charge in [0, 0.05) is 24.7 Å². The van der Waals surface area contributed by atoms with E-state index in [4.69, 9.17) is 0 Å². The highest BCUT2D eigenvalue weighted by Gasteiger charge is 2.45. The van der Waals surface area contributed by atoms with Crippen LogP contribution < -0.4 is 0 Å². The highest BCUT2D eigenvalue weighted by Crippen LogP contribution is 2.40. The van der Waals surface area contributed by atoms with Crippen LogP contribution in [0.1, 0.15) is 59.3 Å². The van der Waals surface area contributed by atoms with E-state index in [1.165, 1.54) is 80.2 Å². The van der Waals surface area contributed by atoms with Gasteiger partial charge in [0.25, 0.3) is 0 Å². The zero-order valence-electron chi connectivity index (χ0n) is 15.4. The Labute approximate surface area is 133 Å². The van der Waals surface area contributed by atoms with Crippen LogP contribution in [0.25, 0.3) is 0 Å². The van der Waals surface area contributed by atoms with Crippen LogP contribution in [0.4, 0.5) is 0 Å². The highest BCUT2D eigenvalue weighted by atomic mass is 15.4. The van der Waals surface area contributed by atoms with Crippen molar-refractivity contribution in [1.82, 2.24) is 0 Å². The predicted molar refractivity (Wildman–Crippen MR) is 92.2 cm³/mol. The number of hydrogen-bond acceptors (Lipinski definition) is 0. The Bertz CT molecular complexity index is 308. The first-order valence-electron chi connectivity index (χ1n) is 9.60. The molecule has 0 N–H and O–H groups in total. The summed E-state index contributed by atoms with van der Waals surface area (Å²) >= 11 is 0. The molecule has 1 saturated heterocycles. The van der Waals surface area contributed by atoms with E-state index in [0.29, 0.717) is 0 Å². The van der Waals surface area contributed by atoms with E-state index in [1.807, 2.05) is 0 Å². The van der Waals surface area contributed by atoms with Crippen molar-refractivity contribution in [3.63, 3.8) is 0 Å². The minimum absolute atomic E-state index is 0.859. The first-order chi connectivity index (χ1) is 9.92. The van der Waals surface area contributed by atoms with E-state index >= 15 is 0 Å². The van der Waals surface area contributed by atoms with E-state index in [0.717, 1.165) is 17.9 Å². The molecule has 124 valence electrons. The van der Waals surface area contributed by atoms with Gasteiger partial charge in [0.05, 0.1) is 52.9 Å². The summed E-state index contributed by atoms with van der Waals surface area (Å²) in [5.74, 6) is 2.11. The lowest BCUT2D eigenvalue weighted by molar-refractivity contribution is -0.925. The van der Waals surface area contributed by atoms with Crippen LogP contribution in [0.15, 0.2) is 0 Å². The van der Waals surface area contributed by atoms with Gasteiger partial charge >= 0.3 is 0 Å². The van der Waals surface area contributed by atoms with Gasteiger partial charge in [-0.3, -0.25) is 0 Å². The summed E-state index contributed by atoms with van der Waals surface area (Å²) in [5, 5.41) is 0. The van der Waals surface area contributed by atoms with Crippen LogP contribution in [0.3, 0.4) is 0 Å². The smallest absolute Gasteiger partial charge is 0.0862 e. The largest absolute Gasteiger partial charge is 0.326 e. The molecule has 2 nitrogen and oxygen atoms in total. The van der Waals surface area contributed by atoms with E-state index < -0.39 is 0 Å². The monoisotopic (exact) mass is 296 g/mol. The fourth-order valence-electron chi connectivity index (χ4n) is 4.89. The number of rotatable bonds is 7. The molecular formula is C19H40N2+2. The molecule has 2 fully saturated rings. The molecule has 0 aromatic rings. The van der Waals surface area contributed by atoms with Gasteiger partial charge in [-0.2, -0.15) is 0 Å². The average Bonchev–Trinajstić information content (AvgIpc) is 2.84. The van der Waals surface area contributed by atoms with Crippen molar-refractivity contribution < 1.29 is 8.97 Å². The summed E-state index contributed by atoms with van der Waals surface area (Å²) in [7, 11) is 4.97. The van der Waals surface area contributed by atoms with Gasteiger partial charge in [-0.05, 0) is 33.6 Å². The van der Waals surface area contributed by atoms with Gasteiger partial charge in [0.1, 0.15) is 0 Å². The molecule has 0 radical (unpaired) electrons. The summed E-state index contributed by atoms with van der Waals surface area (Å²) in [6.07, 6.45) is 8.86. The molecule has 1 saturated carbocycles. The zero-order valence-corrected chi connectivity index (χ0v) is 15.4. The SMILES string of the molecule is CC[N+](C)(CC)CCCC(C)[N+]1(C)CC2CCCCC2C1. The fourth-order valence-corrected chi connectivity index (χ4v) is 4.89. The van der Waals surface area contributed by atoms with Crippen LogP contribution in [0.5, 0.6) is 0 Å². The number of quaternary nitrogens is 2. The lowest BCUT2D eigenvalue weighted by atomic mass is 9.82. The summed E-state index contributed by atoms with van der Waals surface area (Å²) in [4.78, 5) is 0. The van der Waals surface area contributed by atoms with Crippen molar-refractivity contribution in [2.24, 2.45) is 11.8 Å². The van der Waals surface area contributed by atoms with Gasteiger partial charge in [-0.15, -0.1) is 0 Å². The van der Waals surface area contributed by atoms with Gasteiger partial charge < -0.3 is 8.97 Å². The molecule has 2 rings (SSSR count). The van der Waals surface area contributed by atoms with E-state index in [9.17, 15) is 0 Å². The Kier molecular flexibility index (Phi) is 5.76. The maximum atomic E-state index is 2.55. The third-order valence-electron chi connectivity index (χ3n) is 7.28. The zero-order chi connectivity index (χ0) is 15.5. The minimum atomic E-state index is 0.859. The maximum absolute atomic E-state index is 2.55. The van der Waals surface area contributed by atoms with Crippen LogP contribution in [-0.2, 0) is 0 Å². The Morgan fingerprint density at radius 1 is 1.05 bits per heavy atom. The Morgan fingerprint density at radius 3 is 2.05 bits per heavy atom. The summed E-state index contributed by atoms with van der Waals surface area (Å²) in [5.41, 5.74) is 0. The molecule has 1 aliphatic heterocycles. The Balaban J connectivity index is 1.81. The summed E-state index contributed by atoms with van der Waals surface area (Å²) in [6, 6.07) is 0.859. The lowest BCUT2D eigenvalue weighted by Gasteiger charge is -2.38. The van der Waals surface area contributed by atoms with Crippen LogP contribution in [0.2, 0.25) is 0 Å². The number of likely N-dealkylation sites (tertiary alicyclic amines) is 1. The first-order valence-corrected chi connectivity index (χ1v) is 9.60. The van der Waals surface area contributed by atoms with Crippen molar-refractivity contribution in [3.05, 3.63) is 0 Å². The van der Waals surface area contributed by atoms with E-state index in [-0.39, 0.29) is 0 Å². The lowest BCUT2D eigenvalue weighted by Crippen LogP contribution is -2.50. The highest BCUT2D eigenvalue weighted by molar-refractivity contribution is 4.81. The molecule has 21 heavy (non-hydrogen) atoms. The van der Waals surface area contributed by atoms with Crippen molar-refractivity contribution in [2.75, 3.05) is 46.8 Å². The average molecular weight is 297 g/mol. The molecule has 1 heterocycles. The third-order valence-corrected chi connectivity index (χ3v) is 7.28. The van der Waals surface area contributed by atoms with Gasteiger partial charge in [0.2, 0.25) is 0 Å². The first kappa shape index (κ1) is 17.3. The quantitative estimate of drug-likeness (QED) is 0.625. The number of hydrogen-bond donors (Lipinski definition) is 0.